The van der Waals surface area contributed by atoms with Crippen LogP contribution in [0.4, 0.5) is 0 Å². The third kappa shape index (κ3) is 3.02. The number of aliphatic hydroxyl groups is 1. The van der Waals surface area contributed by atoms with Gasteiger partial charge in [0, 0.05) is 0 Å². The molecule has 2 rings (SSSR count). The first-order valence-electron chi connectivity index (χ1n) is 5.43. The molecule has 2 unspecified atom stereocenters. The first kappa shape index (κ1) is 10.6. The van der Waals surface area contributed by atoms with Gasteiger partial charge in [0.15, 0.2) is 6.29 Å². The fraction of sp³-hybridized carbons (Fsp3) is 0.500. The lowest BCUT2D eigenvalue weighted by molar-refractivity contribution is -0.109. The van der Waals surface area contributed by atoms with Crippen molar-refractivity contribution in [3.8, 4) is 0 Å². The number of rotatable bonds is 2. The van der Waals surface area contributed by atoms with Crippen LogP contribution in [-0.4, -0.2) is 30.6 Å². The minimum atomic E-state index is -0.687. The van der Waals surface area contributed by atoms with Gasteiger partial charge in [-0.1, -0.05) is 30.3 Å². The van der Waals surface area contributed by atoms with Crippen LogP contribution in [-0.2, 0) is 11.2 Å². The van der Waals surface area contributed by atoms with Gasteiger partial charge in [0.05, 0.1) is 12.6 Å². The summed E-state index contributed by atoms with van der Waals surface area (Å²) >= 11 is 0. The quantitative estimate of drug-likeness (QED) is 0.758. The van der Waals surface area contributed by atoms with Crippen LogP contribution in [0.2, 0.25) is 0 Å². The summed E-state index contributed by atoms with van der Waals surface area (Å²) in [6.07, 6.45) is 1.08. The summed E-state index contributed by atoms with van der Waals surface area (Å²) in [5.41, 5.74) is 1.22. The molecule has 1 aromatic rings. The van der Waals surface area contributed by atoms with E-state index in [1.807, 2.05) is 18.2 Å². The lowest BCUT2D eigenvalue weighted by atomic mass is 10.1. The van der Waals surface area contributed by atoms with E-state index in [2.05, 4.69) is 17.4 Å². The number of ether oxygens (including phenoxy) is 1. The Morgan fingerprint density at radius 3 is 2.93 bits per heavy atom. The number of hydrogen-bond acceptors (Lipinski definition) is 3. The molecule has 82 valence electrons. The van der Waals surface area contributed by atoms with Crippen molar-refractivity contribution in [3.05, 3.63) is 35.9 Å². The van der Waals surface area contributed by atoms with Crippen molar-refractivity contribution in [2.24, 2.45) is 0 Å². The fourth-order valence-corrected chi connectivity index (χ4v) is 1.82. The minimum absolute atomic E-state index is 0.00917. The molecule has 1 heterocycles. The molecule has 0 aromatic heterocycles. The molecule has 0 amide bonds. The molecule has 2 N–H and O–H groups in total. The first-order chi connectivity index (χ1) is 7.36. The van der Waals surface area contributed by atoms with Gasteiger partial charge in [-0.05, 0) is 24.9 Å². The Morgan fingerprint density at radius 2 is 2.13 bits per heavy atom. The molecule has 1 aliphatic heterocycles. The summed E-state index contributed by atoms with van der Waals surface area (Å²) in [7, 11) is 0. The number of hydrogen-bond donors (Lipinski definition) is 2. The van der Waals surface area contributed by atoms with E-state index in [9.17, 15) is 5.11 Å². The molecule has 3 nitrogen and oxygen atoms in total. The molecule has 0 spiro atoms. The molecule has 1 fully saturated rings. The molecule has 0 aliphatic carbocycles. The summed E-state index contributed by atoms with van der Waals surface area (Å²) in [6.45, 7) is 1.55. The smallest absolute Gasteiger partial charge is 0.170 e. The van der Waals surface area contributed by atoms with Gasteiger partial charge >= 0.3 is 0 Å². The number of nitrogens with one attached hydrogen (secondary N) is 1. The third-order valence-electron chi connectivity index (χ3n) is 2.66. The van der Waals surface area contributed by atoms with Crippen LogP contribution in [0.25, 0.3) is 0 Å². The zero-order valence-electron chi connectivity index (χ0n) is 8.73. The van der Waals surface area contributed by atoms with Crippen molar-refractivity contribution >= 4 is 0 Å². The average molecular weight is 207 g/mol. The molecule has 1 aromatic carbocycles. The third-order valence-corrected chi connectivity index (χ3v) is 2.66. The molecule has 0 radical (unpaired) electrons. The van der Waals surface area contributed by atoms with Gasteiger partial charge in [0.2, 0.25) is 0 Å². The van der Waals surface area contributed by atoms with Gasteiger partial charge < -0.3 is 15.2 Å². The van der Waals surface area contributed by atoms with E-state index in [0.29, 0.717) is 6.61 Å². The highest BCUT2D eigenvalue weighted by Crippen LogP contribution is 2.09. The van der Waals surface area contributed by atoms with E-state index in [4.69, 9.17) is 4.74 Å². The van der Waals surface area contributed by atoms with Crippen LogP contribution in [0.5, 0.6) is 0 Å². The first-order valence-corrected chi connectivity index (χ1v) is 5.43. The normalized spacial score (nSPS) is 27.3. The summed E-state index contributed by atoms with van der Waals surface area (Å²) in [6, 6.07) is 10.2. The standard InChI is InChI=1S/C12H17NO2/c14-12-11(13-7-4-8-15-12)9-10-5-2-1-3-6-10/h1-3,5-6,11-14H,4,7-9H2. The highest BCUT2D eigenvalue weighted by Gasteiger charge is 2.21. The van der Waals surface area contributed by atoms with Crippen molar-refractivity contribution < 1.29 is 9.84 Å². The Bertz CT molecular complexity index is 289. The van der Waals surface area contributed by atoms with Gasteiger partial charge in [-0.25, -0.2) is 0 Å². The average Bonchev–Trinajstić information content (AvgIpc) is 2.46. The van der Waals surface area contributed by atoms with E-state index in [-0.39, 0.29) is 6.04 Å². The van der Waals surface area contributed by atoms with Crippen LogP contribution in [0.1, 0.15) is 12.0 Å². The predicted octanol–water partition coefficient (Wildman–Crippen LogP) is 0.926. The molecule has 1 saturated heterocycles. The molecular weight excluding hydrogens is 190 g/mol. The molecular formula is C12H17NO2. The number of benzene rings is 1. The van der Waals surface area contributed by atoms with Crippen molar-refractivity contribution in [1.82, 2.24) is 5.32 Å². The Kier molecular flexibility index (Phi) is 3.72. The highest BCUT2D eigenvalue weighted by molar-refractivity contribution is 5.16. The van der Waals surface area contributed by atoms with Gasteiger partial charge in [-0.2, -0.15) is 0 Å². The second-order valence-electron chi connectivity index (χ2n) is 3.87. The van der Waals surface area contributed by atoms with Gasteiger partial charge in [0.25, 0.3) is 0 Å². The molecule has 2 atom stereocenters. The maximum atomic E-state index is 9.73. The molecule has 3 heteroatoms. The Hall–Kier alpha value is -0.900. The SMILES string of the molecule is OC1OCCCNC1Cc1ccccc1. The van der Waals surface area contributed by atoms with E-state index in [1.165, 1.54) is 5.56 Å². The van der Waals surface area contributed by atoms with Crippen LogP contribution >= 0.6 is 0 Å². The van der Waals surface area contributed by atoms with E-state index >= 15 is 0 Å². The highest BCUT2D eigenvalue weighted by atomic mass is 16.6. The number of aliphatic hydroxyl groups excluding tert-OH is 1. The van der Waals surface area contributed by atoms with Gasteiger partial charge in [-0.15, -0.1) is 0 Å². The van der Waals surface area contributed by atoms with Crippen molar-refractivity contribution in [3.63, 3.8) is 0 Å². The second-order valence-corrected chi connectivity index (χ2v) is 3.87. The van der Waals surface area contributed by atoms with Gasteiger partial charge in [-0.3, -0.25) is 0 Å². The van der Waals surface area contributed by atoms with Crippen LogP contribution in [0.3, 0.4) is 0 Å². The Balaban J connectivity index is 1.97. The predicted molar refractivity (Wildman–Crippen MR) is 58.5 cm³/mol. The van der Waals surface area contributed by atoms with Crippen molar-refractivity contribution in [2.45, 2.75) is 25.2 Å². The van der Waals surface area contributed by atoms with E-state index < -0.39 is 6.29 Å². The van der Waals surface area contributed by atoms with Crippen LogP contribution in [0, 0.1) is 0 Å². The van der Waals surface area contributed by atoms with E-state index in [1.54, 1.807) is 0 Å². The lowest BCUT2D eigenvalue weighted by Crippen LogP contribution is -2.41. The zero-order valence-corrected chi connectivity index (χ0v) is 8.73. The zero-order chi connectivity index (χ0) is 10.5. The Morgan fingerprint density at radius 1 is 1.33 bits per heavy atom. The van der Waals surface area contributed by atoms with Crippen molar-refractivity contribution in [2.75, 3.05) is 13.2 Å². The Labute approximate surface area is 90.1 Å². The molecule has 0 bridgehead atoms. The summed E-state index contributed by atoms with van der Waals surface area (Å²) in [5.74, 6) is 0. The summed E-state index contributed by atoms with van der Waals surface area (Å²) in [5, 5.41) is 13.0. The van der Waals surface area contributed by atoms with Crippen LogP contribution < -0.4 is 5.32 Å². The van der Waals surface area contributed by atoms with Crippen molar-refractivity contribution in [1.29, 1.82) is 0 Å². The summed E-state index contributed by atoms with van der Waals surface area (Å²) in [4.78, 5) is 0. The molecule has 15 heavy (non-hydrogen) atoms. The van der Waals surface area contributed by atoms with E-state index in [0.717, 1.165) is 19.4 Å². The molecule has 1 aliphatic rings. The topological polar surface area (TPSA) is 41.5 Å². The maximum absolute atomic E-state index is 9.73. The molecule has 0 saturated carbocycles. The van der Waals surface area contributed by atoms with Gasteiger partial charge in [0.1, 0.15) is 0 Å². The summed E-state index contributed by atoms with van der Waals surface area (Å²) < 4.78 is 5.28. The fourth-order valence-electron chi connectivity index (χ4n) is 1.82. The minimum Gasteiger partial charge on any atom is -0.367 e. The monoisotopic (exact) mass is 207 g/mol. The largest absolute Gasteiger partial charge is 0.367 e. The van der Waals surface area contributed by atoms with Crippen LogP contribution in [0.15, 0.2) is 30.3 Å². The second kappa shape index (κ2) is 5.26. The maximum Gasteiger partial charge on any atom is 0.170 e. The lowest BCUT2D eigenvalue weighted by Gasteiger charge is -2.20.